The van der Waals surface area contributed by atoms with Crippen LogP contribution in [0.2, 0.25) is 0 Å². The second kappa shape index (κ2) is 6.16. The van der Waals surface area contributed by atoms with Crippen molar-refractivity contribution in [2.24, 2.45) is 0 Å². The lowest BCUT2D eigenvalue weighted by Crippen LogP contribution is -2.05. The maximum absolute atomic E-state index is 11.6. The number of fused-ring (bicyclic) bond motifs is 1. The SMILES string of the molecule is COC(=O)c1ccnc(Cc2ccc3c(c2)c(C)cn3C(=O)O)c1. The minimum atomic E-state index is -1.01. The van der Waals surface area contributed by atoms with Crippen LogP contribution >= 0.6 is 0 Å². The second-order valence-electron chi connectivity index (χ2n) is 5.52. The smallest absolute Gasteiger partial charge is 0.416 e. The van der Waals surface area contributed by atoms with Crippen LogP contribution < -0.4 is 0 Å². The molecule has 3 aromatic rings. The van der Waals surface area contributed by atoms with Crippen LogP contribution in [0, 0.1) is 6.92 Å². The summed E-state index contributed by atoms with van der Waals surface area (Å²) in [5.74, 6) is -0.400. The van der Waals surface area contributed by atoms with Gasteiger partial charge in [-0.3, -0.25) is 9.55 Å². The van der Waals surface area contributed by atoms with E-state index >= 15 is 0 Å². The summed E-state index contributed by atoms with van der Waals surface area (Å²) in [4.78, 5) is 27.1. The van der Waals surface area contributed by atoms with Crippen LogP contribution in [-0.2, 0) is 11.2 Å². The molecule has 1 N–H and O–H groups in total. The third-order valence-electron chi connectivity index (χ3n) is 3.90. The number of nitrogens with zero attached hydrogens (tertiary/aromatic N) is 2. The predicted octanol–water partition coefficient (Wildman–Crippen LogP) is 3.25. The lowest BCUT2D eigenvalue weighted by Gasteiger charge is -2.05. The highest BCUT2D eigenvalue weighted by Crippen LogP contribution is 2.23. The van der Waals surface area contributed by atoms with E-state index in [0.717, 1.165) is 22.2 Å². The Morgan fingerprint density at radius 3 is 2.75 bits per heavy atom. The van der Waals surface area contributed by atoms with Crippen LogP contribution in [0.1, 0.15) is 27.2 Å². The van der Waals surface area contributed by atoms with Crippen LogP contribution in [0.15, 0.2) is 42.7 Å². The van der Waals surface area contributed by atoms with Crippen molar-refractivity contribution in [2.75, 3.05) is 7.11 Å². The van der Waals surface area contributed by atoms with Gasteiger partial charge in [0.05, 0.1) is 18.2 Å². The molecule has 2 aromatic heterocycles. The van der Waals surface area contributed by atoms with Crippen LogP contribution in [-0.4, -0.2) is 33.8 Å². The molecule has 0 aliphatic heterocycles. The van der Waals surface area contributed by atoms with Crippen molar-refractivity contribution >= 4 is 23.0 Å². The second-order valence-corrected chi connectivity index (χ2v) is 5.52. The molecule has 0 atom stereocenters. The normalized spacial score (nSPS) is 10.8. The average molecular weight is 324 g/mol. The van der Waals surface area contributed by atoms with Crippen LogP contribution in [0.25, 0.3) is 10.9 Å². The van der Waals surface area contributed by atoms with Gasteiger partial charge >= 0.3 is 12.1 Å². The molecule has 3 rings (SSSR count). The Hall–Kier alpha value is -3.15. The molecular weight excluding hydrogens is 308 g/mol. The van der Waals surface area contributed by atoms with Gasteiger partial charge in [0.2, 0.25) is 0 Å². The molecular formula is C18H16N2O4. The molecule has 0 spiro atoms. The molecule has 6 nitrogen and oxygen atoms in total. The fourth-order valence-electron chi connectivity index (χ4n) is 2.74. The van der Waals surface area contributed by atoms with E-state index in [1.54, 1.807) is 30.6 Å². The average Bonchev–Trinajstić information content (AvgIpc) is 2.91. The van der Waals surface area contributed by atoms with Gasteiger partial charge in [-0.15, -0.1) is 0 Å². The number of aromatic nitrogens is 2. The number of carbonyl (C=O) groups excluding carboxylic acids is 1. The molecule has 2 heterocycles. The third kappa shape index (κ3) is 2.86. The molecule has 24 heavy (non-hydrogen) atoms. The first-order valence-corrected chi connectivity index (χ1v) is 7.36. The largest absolute Gasteiger partial charge is 0.465 e. The van der Waals surface area contributed by atoms with E-state index < -0.39 is 12.1 Å². The van der Waals surface area contributed by atoms with E-state index in [4.69, 9.17) is 4.74 Å². The van der Waals surface area contributed by atoms with E-state index in [1.165, 1.54) is 11.7 Å². The van der Waals surface area contributed by atoms with Gasteiger partial charge in [-0.25, -0.2) is 9.59 Å². The summed E-state index contributed by atoms with van der Waals surface area (Å²) >= 11 is 0. The van der Waals surface area contributed by atoms with Crippen molar-refractivity contribution < 1.29 is 19.4 Å². The molecule has 0 saturated carbocycles. The van der Waals surface area contributed by atoms with Gasteiger partial charge in [-0.05, 0) is 42.3 Å². The number of hydrogen-bond acceptors (Lipinski definition) is 4. The van der Waals surface area contributed by atoms with Gasteiger partial charge in [-0.1, -0.05) is 6.07 Å². The summed E-state index contributed by atoms with van der Waals surface area (Å²) in [5, 5.41) is 10.1. The zero-order chi connectivity index (χ0) is 17.3. The fraction of sp³-hybridized carbons (Fsp3) is 0.167. The first-order chi connectivity index (χ1) is 11.5. The molecule has 122 valence electrons. The summed E-state index contributed by atoms with van der Waals surface area (Å²) < 4.78 is 5.93. The molecule has 0 saturated heterocycles. The molecule has 0 radical (unpaired) electrons. The van der Waals surface area contributed by atoms with Crippen molar-refractivity contribution in [3.63, 3.8) is 0 Å². The van der Waals surface area contributed by atoms with Gasteiger partial charge < -0.3 is 9.84 Å². The number of esters is 1. The highest BCUT2D eigenvalue weighted by Gasteiger charge is 2.12. The Bertz CT molecular complexity index is 943. The van der Waals surface area contributed by atoms with Crippen LogP contribution in [0.4, 0.5) is 4.79 Å². The van der Waals surface area contributed by atoms with Crippen LogP contribution in [0.5, 0.6) is 0 Å². The van der Waals surface area contributed by atoms with Gasteiger partial charge in [0.15, 0.2) is 0 Å². The molecule has 1 aromatic carbocycles. The highest BCUT2D eigenvalue weighted by molar-refractivity contribution is 5.92. The topological polar surface area (TPSA) is 81.4 Å². The standard InChI is InChI=1S/C18H16N2O4/c1-11-10-20(18(22)23)16-4-3-12(8-15(11)16)7-14-9-13(5-6-19-14)17(21)24-2/h3-6,8-10H,7H2,1-2H3,(H,22,23). The monoisotopic (exact) mass is 324 g/mol. The van der Waals surface area contributed by atoms with Gasteiger partial charge in [0, 0.05) is 29.9 Å². The maximum atomic E-state index is 11.6. The Balaban J connectivity index is 1.95. The van der Waals surface area contributed by atoms with E-state index in [1.807, 2.05) is 19.1 Å². The number of pyridine rings is 1. The number of ether oxygens (including phenoxy) is 1. The van der Waals surface area contributed by atoms with Gasteiger partial charge in [0.1, 0.15) is 0 Å². The zero-order valence-corrected chi connectivity index (χ0v) is 13.3. The lowest BCUT2D eigenvalue weighted by atomic mass is 10.0. The minimum Gasteiger partial charge on any atom is -0.465 e. The summed E-state index contributed by atoms with van der Waals surface area (Å²) in [7, 11) is 1.34. The van der Waals surface area contributed by atoms with E-state index in [9.17, 15) is 14.7 Å². The Kier molecular flexibility index (Phi) is 4.04. The molecule has 0 aliphatic rings. The number of benzene rings is 1. The summed E-state index contributed by atoms with van der Waals surface area (Å²) in [5.41, 5.74) is 3.73. The van der Waals surface area contributed by atoms with Crippen molar-refractivity contribution in [3.05, 3.63) is 65.1 Å². The number of carbonyl (C=O) groups is 2. The molecule has 0 amide bonds. The summed E-state index contributed by atoms with van der Waals surface area (Å²) in [6.45, 7) is 1.88. The molecule has 0 aliphatic carbocycles. The predicted molar refractivity (Wildman–Crippen MR) is 88.5 cm³/mol. The van der Waals surface area contributed by atoms with Gasteiger partial charge in [0.25, 0.3) is 0 Å². The number of methoxy groups -OCH3 is 1. The van der Waals surface area contributed by atoms with Crippen molar-refractivity contribution in [1.82, 2.24) is 9.55 Å². The van der Waals surface area contributed by atoms with E-state index in [2.05, 4.69) is 4.98 Å². The van der Waals surface area contributed by atoms with E-state index in [-0.39, 0.29) is 0 Å². The number of aryl methyl sites for hydroxylation is 1. The highest BCUT2D eigenvalue weighted by atomic mass is 16.5. The number of carboxylic acid groups (broad SMARTS) is 1. The van der Waals surface area contributed by atoms with E-state index in [0.29, 0.717) is 17.5 Å². The summed E-state index contributed by atoms with van der Waals surface area (Å²) in [6, 6.07) is 8.92. The Labute approximate surface area is 138 Å². The van der Waals surface area contributed by atoms with Crippen molar-refractivity contribution in [2.45, 2.75) is 13.3 Å². The van der Waals surface area contributed by atoms with Crippen molar-refractivity contribution in [3.8, 4) is 0 Å². The third-order valence-corrected chi connectivity index (χ3v) is 3.90. The Morgan fingerprint density at radius 1 is 1.25 bits per heavy atom. The fourth-order valence-corrected chi connectivity index (χ4v) is 2.74. The number of hydrogen-bond donors (Lipinski definition) is 1. The number of rotatable bonds is 3. The van der Waals surface area contributed by atoms with Gasteiger partial charge in [-0.2, -0.15) is 0 Å². The zero-order valence-electron chi connectivity index (χ0n) is 13.3. The molecule has 0 bridgehead atoms. The summed E-state index contributed by atoms with van der Waals surface area (Å²) in [6.07, 6.45) is 2.71. The van der Waals surface area contributed by atoms with Crippen molar-refractivity contribution in [1.29, 1.82) is 0 Å². The first-order valence-electron chi connectivity index (χ1n) is 7.36. The first kappa shape index (κ1) is 15.7. The molecule has 0 unspecified atom stereocenters. The Morgan fingerprint density at radius 2 is 2.04 bits per heavy atom. The van der Waals surface area contributed by atoms with Crippen LogP contribution in [0.3, 0.4) is 0 Å². The molecule has 6 heteroatoms. The maximum Gasteiger partial charge on any atom is 0.416 e. The molecule has 0 fully saturated rings. The quantitative estimate of drug-likeness (QED) is 0.748. The lowest BCUT2D eigenvalue weighted by molar-refractivity contribution is 0.0600. The minimum absolute atomic E-state index is 0.400.